The summed E-state index contributed by atoms with van der Waals surface area (Å²) in [5.74, 6) is 2.39. The average Bonchev–Trinajstić information content (AvgIpc) is 3.49. The molecule has 1 N–H and O–H groups in total. The van der Waals surface area contributed by atoms with Gasteiger partial charge in [0, 0.05) is 24.9 Å². The number of aromatic nitrogens is 3. The summed E-state index contributed by atoms with van der Waals surface area (Å²) >= 11 is 5.94. The van der Waals surface area contributed by atoms with Crippen molar-refractivity contribution in [1.82, 2.24) is 20.1 Å². The molecule has 2 heterocycles. The third-order valence-corrected chi connectivity index (χ3v) is 7.17. The molecule has 0 spiro atoms. The summed E-state index contributed by atoms with van der Waals surface area (Å²) in [5.41, 5.74) is 4.10. The van der Waals surface area contributed by atoms with E-state index in [9.17, 15) is 4.79 Å². The van der Waals surface area contributed by atoms with Gasteiger partial charge in [0.2, 0.25) is 5.88 Å². The largest absolute Gasteiger partial charge is 0.477 e. The Labute approximate surface area is 206 Å². The number of carbonyl (C=O) groups is 1. The Morgan fingerprint density at radius 2 is 2.03 bits per heavy atom. The third-order valence-electron chi connectivity index (χ3n) is 6.94. The van der Waals surface area contributed by atoms with Gasteiger partial charge in [-0.15, -0.1) is 5.10 Å². The minimum absolute atomic E-state index is 0.00885. The molecule has 3 atom stereocenters. The highest BCUT2D eigenvalue weighted by atomic mass is 35.5. The molecule has 0 radical (unpaired) electrons. The van der Waals surface area contributed by atoms with E-state index >= 15 is 0 Å². The first-order valence-corrected chi connectivity index (χ1v) is 12.4. The van der Waals surface area contributed by atoms with Crippen LogP contribution in [0.4, 0.5) is 0 Å². The van der Waals surface area contributed by atoms with Crippen LogP contribution in [0.15, 0.2) is 48.7 Å². The topological polar surface area (TPSA) is 71.1 Å². The van der Waals surface area contributed by atoms with Gasteiger partial charge < -0.3 is 9.64 Å². The number of amides is 1. The van der Waals surface area contributed by atoms with Crippen LogP contribution in [0, 0.1) is 11.8 Å². The number of carbonyl (C=O) groups excluding carboxylic acids is 1. The number of nitrogens with one attached hydrogen (secondary N) is 1. The number of pyridine rings is 1. The van der Waals surface area contributed by atoms with Crippen molar-refractivity contribution in [3.05, 3.63) is 76.2 Å². The van der Waals surface area contributed by atoms with Gasteiger partial charge in [0.15, 0.2) is 0 Å². The normalized spacial score (nSPS) is 18.6. The van der Waals surface area contributed by atoms with Crippen LogP contribution < -0.4 is 4.74 Å². The van der Waals surface area contributed by atoms with Crippen LogP contribution in [0.1, 0.15) is 66.2 Å². The first-order chi connectivity index (χ1) is 16.4. The molecule has 1 fully saturated rings. The molecule has 1 amide bonds. The first kappa shape index (κ1) is 24.3. The monoisotopic (exact) mass is 480 g/mol. The lowest BCUT2D eigenvalue weighted by atomic mass is 9.86. The van der Waals surface area contributed by atoms with E-state index in [-0.39, 0.29) is 5.91 Å². The molecule has 4 rings (SSSR count). The Morgan fingerprint density at radius 1 is 1.24 bits per heavy atom. The van der Waals surface area contributed by atoms with E-state index in [0.717, 1.165) is 12.1 Å². The van der Waals surface area contributed by atoms with Crippen molar-refractivity contribution >= 4 is 17.5 Å². The highest BCUT2D eigenvalue weighted by molar-refractivity contribution is 6.29. The van der Waals surface area contributed by atoms with Gasteiger partial charge in [-0.3, -0.25) is 9.89 Å². The zero-order valence-electron chi connectivity index (χ0n) is 20.1. The Hall–Kier alpha value is -2.86. The van der Waals surface area contributed by atoms with E-state index in [1.54, 1.807) is 11.9 Å². The first-order valence-electron chi connectivity index (χ1n) is 12.1. The standard InChI is InChI=1S/C27H33ClN4O2/c1-4-34-26-15-24(30-31-26)17-32(3)27(33)21-8-5-19(6-9-21)13-20-7-10-22(14-20)18(2)23-11-12-25(28)29-16-23/h5-6,8-9,11-12,15-16,18,20,22H,4,7,10,13-14,17H2,1-3H3,(H,30,31)/t18-,20?,22-/m0/s1. The molecule has 0 saturated heterocycles. The van der Waals surface area contributed by atoms with E-state index in [4.69, 9.17) is 16.3 Å². The van der Waals surface area contributed by atoms with Crippen molar-refractivity contribution in [2.24, 2.45) is 11.8 Å². The number of benzene rings is 1. The molecule has 3 aromatic rings. The molecule has 1 aliphatic carbocycles. The maximum Gasteiger partial charge on any atom is 0.253 e. The maximum atomic E-state index is 12.9. The number of rotatable bonds is 9. The second kappa shape index (κ2) is 11.0. The average molecular weight is 481 g/mol. The molecule has 7 heteroatoms. The highest BCUT2D eigenvalue weighted by Gasteiger charge is 2.29. The maximum absolute atomic E-state index is 12.9. The van der Waals surface area contributed by atoms with Crippen LogP contribution >= 0.6 is 11.6 Å². The van der Waals surface area contributed by atoms with Crippen LogP contribution in [-0.4, -0.2) is 39.6 Å². The quantitative estimate of drug-likeness (QED) is 0.387. The molecule has 0 aliphatic heterocycles. The molecule has 34 heavy (non-hydrogen) atoms. The predicted molar refractivity (Wildman–Crippen MR) is 134 cm³/mol. The molecule has 180 valence electrons. The van der Waals surface area contributed by atoms with Gasteiger partial charge in [-0.05, 0) is 79.7 Å². The third kappa shape index (κ3) is 5.98. The molecule has 2 aromatic heterocycles. The van der Waals surface area contributed by atoms with Crippen LogP contribution in [0.3, 0.4) is 0 Å². The van der Waals surface area contributed by atoms with Crippen LogP contribution in [0.5, 0.6) is 5.88 Å². The number of halogens is 1. The van der Waals surface area contributed by atoms with Crippen LogP contribution in [0.25, 0.3) is 0 Å². The fourth-order valence-corrected chi connectivity index (χ4v) is 5.10. The van der Waals surface area contributed by atoms with Gasteiger partial charge in [-0.2, -0.15) is 0 Å². The summed E-state index contributed by atoms with van der Waals surface area (Å²) in [4.78, 5) is 18.8. The molecular weight excluding hydrogens is 448 g/mol. The lowest BCUT2D eigenvalue weighted by molar-refractivity contribution is 0.0783. The number of aromatic amines is 1. The number of nitrogens with zero attached hydrogens (tertiary/aromatic N) is 3. The Balaban J connectivity index is 1.29. The highest BCUT2D eigenvalue weighted by Crippen LogP contribution is 2.41. The van der Waals surface area contributed by atoms with Crippen molar-refractivity contribution in [2.45, 2.75) is 52.0 Å². The molecular formula is C27H33ClN4O2. The predicted octanol–water partition coefficient (Wildman–Crippen LogP) is 5.89. The number of hydrogen-bond acceptors (Lipinski definition) is 4. The van der Waals surface area contributed by atoms with Crippen LogP contribution in [0.2, 0.25) is 5.15 Å². The Morgan fingerprint density at radius 3 is 2.74 bits per heavy atom. The lowest BCUT2D eigenvalue weighted by Gasteiger charge is -2.20. The number of H-pyrrole nitrogens is 1. The smallest absolute Gasteiger partial charge is 0.253 e. The van der Waals surface area contributed by atoms with Gasteiger partial charge in [0.25, 0.3) is 5.91 Å². The molecule has 1 saturated carbocycles. The zero-order valence-corrected chi connectivity index (χ0v) is 20.9. The van der Waals surface area contributed by atoms with Gasteiger partial charge >= 0.3 is 0 Å². The SMILES string of the molecule is CCOc1cc(CN(C)C(=O)c2ccc(CC3CC[C@H]([C@H](C)c4ccc(Cl)nc4)C3)cc2)[nH]n1. The Bertz CT molecular complexity index is 1080. The number of hydrogen-bond donors (Lipinski definition) is 1. The van der Waals surface area contributed by atoms with Gasteiger partial charge in [0.1, 0.15) is 5.15 Å². The second-order valence-corrected chi connectivity index (χ2v) is 9.76. The van der Waals surface area contributed by atoms with Crippen molar-refractivity contribution < 1.29 is 9.53 Å². The molecule has 1 aromatic carbocycles. The van der Waals surface area contributed by atoms with E-state index in [2.05, 4.69) is 40.3 Å². The number of ether oxygens (including phenoxy) is 1. The molecule has 0 bridgehead atoms. The minimum atomic E-state index is -0.00885. The van der Waals surface area contributed by atoms with E-state index in [0.29, 0.717) is 47.5 Å². The van der Waals surface area contributed by atoms with Crippen molar-refractivity contribution in [3.8, 4) is 5.88 Å². The van der Waals surface area contributed by atoms with Crippen molar-refractivity contribution in [3.63, 3.8) is 0 Å². The summed E-state index contributed by atoms with van der Waals surface area (Å²) in [7, 11) is 1.80. The zero-order chi connectivity index (χ0) is 24.1. The van der Waals surface area contributed by atoms with Gasteiger partial charge in [0.05, 0.1) is 18.8 Å². The van der Waals surface area contributed by atoms with E-state index in [1.165, 1.54) is 30.4 Å². The fourth-order valence-electron chi connectivity index (χ4n) is 4.99. The summed E-state index contributed by atoms with van der Waals surface area (Å²) in [5, 5.41) is 7.56. The van der Waals surface area contributed by atoms with E-state index < -0.39 is 0 Å². The summed E-state index contributed by atoms with van der Waals surface area (Å²) < 4.78 is 5.37. The molecule has 1 aliphatic rings. The fraction of sp³-hybridized carbons (Fsp3) is 0.444. The van der Waals surface area contributed by atoms with Crippen molar-refractivity contribution in [2.75, 3.05) is 13.7 Å². The van der Waals surface area contributed by atoms with Gasteiger partial charge in [-0.25, -0.2) is 4.98 Å². The van der Waals surface area contributed by atoms with Crippen LogP contribution in [-0.2, 0) is 13.0 Å². The summed E-state index contributed by atoms with van der Waals surface area (Å²) in [6.07, 6.45) is 6.68. The minimum Gasteiger partial charge on any atom is -0.477 e. The molecule has 6 nitrogen and oxygen atoms in total. The van der Waals surface area contributed by atoms with E-state index in [1.807, 2.05) is 37.4 Å². The molecule has 1 unspecified atom stereocenters. The lowest BCUT2D eigenvalue weighted by Crippen LogP contribution is -2.26. The van der Waals surface area contributed by atoms with Crippen molar-refractivity contribution in [1.29, 1.82) is 0 Å². The second-order valence-electron chi connectivity index (χ2n) is 9.37. The van der Waals surface area contributed by atoms with Gasteiger partial charge in [-0.1, -0.05) is 36.7 Å². The summed E-state index contributed by atoms with van der Waals surface area (Å²) in [6.45, 7) is 5.23. The summed E-state index contributed by atoms with van der Waals surface area (Å²) in [6, 6.07) is 13.9. The Kier molecular flexibility index (Phi) is 7.88.